The molecule has 1 aromatic rings. The number of hydrogen-bond acceptors (Lipinski definition) is 6. The molecule has 1 unspecified atom stereocenters. The van der Waals surface area contributed by atoms with Crippen molar-refractivity contribution in [3.05, 3.63) is 16.3 Å². The van der Waals surface area contributed by atoms with Gasteiger partial charge in [-0.1, -0.05) is 0 Å². The molecule has 0 spiro atoms. The third kappa shape index (κ3) is 4.56. The van der Waals surface area contributed by atoms with E-state index in [0.717, 1.165) is 6.20 Å². The molecule has 0 aromatic carbocycles. The zero-order valence-corrected chi connectivity index (χ0v) is 10.2. The molecule has 0 saturated carbocycles. The van der Waals surface area contributed by atoms with Gasteiger partial charge in [0.25, 0.3) is 0 Å². The predicted molar refractivity (Wildman–Crippen MR) is 62.0 cm³/mol. The van der Waals surface area contributed by atoms with Crippen molar-refractivity contribution < 1.29 is 18.1 Å². The van der Waals surface area contributed by atoms with Gasteiger partial charge in [-0.25, -0.2) is 4.98 Å². The number of rotatable bonds is 5. The molecule has 19 heavy (non-hydrogen) atoms. The Morgan fingerprint density at radius 1 is 1.53 bits per heavy atom. The summed E-state index contributed by atoms with van der Waals surface area (Å²) in [7, 11) is 1.49. The van der Waals surface area contributed by atoms with Gasteiger partial charge in [0, 0.05) is 13.1 Å². The van der Waals surface area contributed by atoms with Crippen molar-refractivity contribution in [3.63, 3.8) is 0 Å². The van der Waals surface area contributed by atoms with Crippen LogP contribution < -0.4 is 10.6 Å². The van der Waals surface area contributed by atoms with Crippen molar-refractivity contribution in [3.8, 4) is 0 Å². The Labute approximate surface area is 106 Å². The largest absolute Gasteiger partial charge is 0.391 e. The van der Waals surface area contributed by atoms with Crippen molar-refractivity contribution in [1.29, 1.82) is 0 Å². The lowest BCUT2D eigenvalue weighted by atomic mass is 10.2. The highest BCUT2D eigenvalue weighted by molar-refractivity contribution is 5.57. The second-order valence-electron chi connectivity index (χ2n) is 3.80. The molecule has 0 amide bonds. The molecule has 0 fully saturated rings. The average molecular weight is 279 g/mol. The normalized spacial score (nSPS) is 12.9. The summed E-state index contributed by atoms with van der Waals surface area (Å²) < 4.78 is 36.6. The first-order chi connectivity index (χ1) is 8.73. The van der Waals surface area contributed by atoms with E-state index in [2.05, 4.69) is 20.6 Å². The molecule has 1 rings (SSSR count). The van der Waals surface area contributed by atoms with Crippen LogP contribution in [0.25, 0.3) is 0 Å². The summed E-state index contributed by atoms with van der Waals surface area (Å²) >= 11 is 0. The van der Waals surface area contributed by atoms with Crippen LogP contribution in [0.15, 0.2) is 6.20 Å². The van der Waals surface area contributed by atoms with Gasteiger partial charge in [0.15, 0.2) is 0 Å². The van der Waals surface area contributed by atoms with Crippen LogP contribution >= 0.6 is 0 Å². The highest BCUT2D eigenvalue weighted by Gasteiger charge is 2.31. The molecular formula is C9H12F3N5O2. The fourth-order valence-electron chi connectivity index (χ4n) is 1.37. The van der Waals surface area contributed by atoms with Crippen LogP contribution in [-0.2, 0) is 0 Å². The second-order valence-corrected chi connectivity index (χ2v) is 3.80. The van der Waals surface area contributed by atoms with Gasteiger partial charge in [-0.2, -0.15) is 18.2 Å². The van der Waals surface area contributed by atoms with Crippen molar-refractivity contribution in [1.82, 2.24) is 9.97 Å². The summed E-state index contributed by atoms with van der Waals surface area (Å²) in [5.41, 5.74) is -0.479. The lowest BCUT2D eigenvalue weighted by Gasteiger charge is -2.16. The zero-order chi connectivity index (χ0) is 14.6. The fraction of sp³-hybridized carbons (Fsp3) is 0.556. The number of hydrogen-bond donors (Lipinski definition) is 2. The number of anilines is 2. The van der Waals surface area contributed by atoms with E-state index in [1.54, 1.807) is 0 Å². The molecule has 1 atom stereocenters. The summed E-state index contributed by atoms with van der Waals surface area (Å²) in [4.78, 5) is 17.3. The number of nitro groups is 1. The minimum Gasteiger partial charge on any atom is -0.361 e. The molecule has 7 nitrogen and oxygen atoms in total. The maximum atomic E-state index is 12.2. The summed E-state index contributed by atoms with van der Waals surface area (Å²) in [6, 6.07) is -1.04. The molecular weight excluding hydrogens is 267 g/mol. The molecule has 0 bridgehead atoms. The minimum absolute atomic E-state index is 0.0762. The Bertz CT molecular complexity index is 466. The molecule has 0 aliphatic heterocycles. The highest BCUT2D eigenvalue weighted by atomic mass is 19.4. The maximum absolute atomic E-state index is 12.2. The van der Waals surface area contributed by atoms with Crippen LogP contribution in [0, 0.1) is 10.1 Å². The molecule has 0 aliphatic rings. The van der Waals surface area contributed by atoms with Crippen LogP contribution in [0.1, 0.15) is 13.3 Å². The molecule has 10 heteroatoms. The van der Waals surface area contributed by atoms with Crippen molar-refractivity contribution >= 4 is 17.5 Å². The van der Waals surface area contributed by atoms with Gasteiger partial charge >= 0.3 is 11.9 Å². The lowest BCUT2D eigenvalue weighted by molar-refractivity contribution is -0.384. The molecule has 106 valence electrons. The van der Waals surface area contributed by atoms with E-state index in [4.69, 9.17) is 0 Å². The Hall–Kier alpha value is -2.13. The van der Waals surface area contributed by atoms with Gasteiger partial charge in [0.2, 0.25) is 11.8 Å². The van der Waals surface area contributed by atoms with E-state index in [9.17, 15) is 23.3 Å². The van der Waals surface area contributed by atoms with Gasteiger partial charge in [-0.3, -0.25) is 10.1 Å². The number of nitrogens with one attached hydrogen (secondary N) is 2. The number of alkyl halides is 3. The molecule has 0 aliphatic carbocycles. The van der Waals surface area contributed by atoms with Crippen molar-refractivity contribution in [2.45, 2.75) is 25.6 Å². The Balaban J connectivity index is 2.94. The Morgan fingerprint density at radius 3 is 2.63 bits per heavy atom. The van der Waals surface area contributed by atoms with E-state index in [0.29, 0.717) is 0 Å². The number of halogens is 3. The average Bonchev–Trinajstić information content (AvgIpc) is 2.25. The van der Waals surface area contributed by atoms with E-state index in [1.165, 1.54) is 14.0 Å². The maximum Gasteiger partial charge on any atom is 0.391 e. The summed E-state index contributed by atoms with van der Waals surface area (Å²) in [5.74, 6) is -0.173. The zero-order valence-electron chi connectivity index (χ0n) is 10.2. The van der Waals surface area contributed by atoms with Crippen LogP contribution in [0.3, 0.4) is 0 Å². The van der Waals surface area contributed by atoms with Gasteiger partial charge < -0.3 is 10.6 Å². The van der Waals surface area contributed by atoms with Crippen LogP contribution in [0.5, 0.6) is 0 Å². The number of nitrogens with zero attached hydrogens (tertiary/aromatic N) is 3. The third-order valence-corrected chi connectivity index (χ3v) is 2.11. The standard InChI is InChI=1S/C9H12F3N5O2/c1-5(3-9(10,11)12)15-7-6(17(18)19)4-14-8(13-2)16-7/h4-5H,3H2,1-2H3,(H2,13,14,15,16). The quantitative estimate of drug-likeness (QED) is 0.634. The molecule has 1 heterocycles. The molecule has 0 radical (unpaired) electrons. The van der Waals surface area contributed by atoms with E-state index < -0.39 is 29.2 Å². The topological polar surface area (TPSA) is 93.0 Å². The third-order valence-electron chi connectivity index (χ3n) is 2.11. The Kier molecular flexibility index (Phi) is 4.46. The number of aromatic nitrogens is 2. The van der Waals surface area contributed by atoms with E-state index in [-0.39, 0.29) is 11.8 Å². The summed E-state index contributed by atoms with van der Waals surface area (Å²) in [5, 5.41) is 15.6. The summed E-state index contributed by atoms with van der Waals surface area (Å²) in [6.45, 7) is 1.26. The van der Waals surface area contributed by atoms with Crippen molar-refractivity contribution in [2.75, 3.05) is 17.7 Å². The highest BCUT2D eigenvalue weighted by Crippen LogP contribution is 2.26. The first-order valence-corrected chi connectivity index (χ1v) is 5.25. The van der Waals surface area contributed by atoms with Crippen LogP contribution in [0.4, 0.5) is 30.6 Å². The van der Waals surface area contributed by atoms with Crippen LogP contribution in [-0.4, -0.2) is 34.2 Å². The lowest BCUT2D eigenvalue weighted by Crippen LogP contribution is -2.25. The monoisotopic (exact) mass is 279 g/mol. The first-order valence-electron chi connectivity index (χ1n) is 5.25. The van der Waals surface area contributed by atoms with Gasteiger partial charge in [0.1, 0.15) is 6.20 Å². The Morgan fingerprint density at radius 2 is 2.16 bits per heavy atom. The smallest absolute Gasteiger partial charge is 0.361 e. The minimum atomic E-state index is -4.36. The molecule has 0 saturated heterocycles. The van der Waals surface area contributed by atoms with E-state index in [1.807, 2.05) is 0 Å². The van der Waals surface area contributed by atoms with E-state index >= 15 is 0 Å². The fourth-order valence-corrected chi connectivity index (χ4v) is 1.37. The summed E-state index contributed by atoms with van der Waals surface area (Å²) in [6.07, 6.45) is -4.55. The SMILES string of the molecule is CNc1ncc([N+](=O)[O-])c(NC(C)CC(F)(F)F)n1. The van der Waals surface area contributed by atoms with Gasteiger partial charge in [0.05, 0.1) is 11.3 Å². The molecule has 2 N–H and O–H groups in total. The van der Waals surface area contributed by atoms with Gasteiger partial charge in [-0.05, 0) is 6.92 Å². The van der Waals surface area contributed by atoms with Crippen molar-refractivity contribution in [2.24, 2.45) is 0 Å². The second kappa shape index (κ2) is 5.67. The van der Waals surface area contributed by atoms with Gasteiger partial charge in [-0.15, -0.1) is 0 Å². The predicted octanol–water partition coefficient (Wildman–Crippen LogP) is 2.18. The van der Waals surface area contributed by atoms with Crippen LogP contribution in [0.2, 0.25) is 0 Å². The molecule has 1 aromatic heterocycles. The first kappa shape index (κ1) is 14.9.